The van der Waals surface area contributed by atoms with Crippen LogP contribution in [0, 0.1) is 0 Å². The van der Waals surface area contributed by atoms with E-state index in [0.717, 1.165) is 0 Å². The third-order valence-corrected chi connectivity index (χ3v) is 1.31. The molecule has 1 aromatic rings. The van der Waals surface area contributed by atoms with Crippen LogP contribution in [0.15, 0.2) is 18.7 Å². The summed E-state index contributed by atoms with van der Waals surface area (Å²) in [4.78, 5) is 7.84. The third kappa shape index (κ3) is 2.88. The zero-order valence-electron chi connectivity index (χ0n) is 6.70. The topological polar surface area (TPSA) is 35.0 Å². The first-order chi connectivity index (χ1) is 5.83. The Morgan fingerprint density at radius 3 is 3.08 bits per heavy atom. The van der Waals surface area contributed by atoms with Crippen molar-refractivity contribution in [3.63, 3.8) is 0 Å². The first-order valence-corrected chi connectivity index (χ1v) is 3.96. The molecule has 0 aliphatic rings. The second-order valence-electron chi connectivity index (χ2n) is 2.02. The highest BCUT2D eigenvalue weighted by atomic mass is 35.5. The number of hydrogen-bond acceptors (Lipinski definition) is 3. The molecule has 0 aromatic carbocycles. The fraction of sp³-hybridized carbons (Fsp3) is 0.250. The van der Waals surface area contributed by atoms with Gasteiger partial charge >= 0.3 is 0 Å². The molecule has 0 aliphatic heterocycles. The molecule has 0 aliphatic carbocycles. The lowest BCUT2D eigenvalue weighted by molar-refractivity contribution is 0.272. The predicted molar refractivity (Wildman–Crippen MR) is 47.7 cm³/mol. The summed E-state index contributed by atoms with van der Waals surface area (Å²) in [5.74, 6) is 0. The van der Waals surface area contributed by atoms with E-state index in [1.807, 2.05) is 6.92 Å². The van der Waals surface area contributed by atoms with Crippen molar-refractivity contribution in [3.8, 4) is 0 Å². The van der Waals surface area contributed by atoms with Gasteiger partial charge in [0.15, 0.2) is 0 Å². The van der Waals surface area contributed by atoms with Crippen LogP contribution in [0.5, 0.6) is 0 Å². The van der Waals surface area contributed by atoms with E-state index in [4.69, 9.17) is 16.3 Å². The van der Waals surface area contributed by atoms with E-state index in [2.05, 4.69) is 9.97 Å². The molecule has 0 saturated carbocycles. The Bertz CT molecular complexity index is 276. The van der Waals surface area contributed by atoms with Crippen LogP contribution in [0.2, 0.25) is 5.15 Å². The molecule has 0 saturated heterocycles. The number of halogens is 1. The van der Waals surface area contributed by atoms with Gasteiger partial charge in [0.25, 0.3) is 0 Å². The van der Waals surface area contributed by atoms with E-state index in [1.165, 1.54) is 6.20 Å². The van der Waals surface area contributed by atoms with Crippen LogP contribution < -0.4 is 0 Å². The van der Waals surface area contributed by atoms with Crippen LogP contribution in [0.1, 0.15) is 12.6 Å². The van der Waals surface area contributed by atoms with E-state index < -0.39 is 0 Å². The lowest BCUT2D eigenvalue weighted by Crippen LogP contribution is -1.84. The molecule has 0 radical (unpaired) electrons. The van der Waals surface area contributed by atoms with Gasteiger partial charge in [-0.05, 0) is 13.0 Å². The van der Waals surface area contributed by atoms with E-state index in [0.29, 0.717) is 17.5 Å². The van der Waals surface area contributed by atoms with Crippen LogP contribution in [0.25, 0.3) is 6.08 Å². The van der Waals surface area contributed by atoms with Gasteiger partial charge in [0, 0.05) is 0 Å². The van der Waals surface area contributed by atoms with Crippen molar-refractivity contribution in [2.75, 3.05) is 6.61 Å². The normalized spacial score (nSPS) is 10.5. The fourth-order valence-corrected chi connectivity index (χ4v) is 0.804. The number of ether oxygens (including phenoxy) is 1. The highest BCUT2D eigenvalue weighted by Crippen LogP contribution is 2.03. The van der Waals surface area contributed by atoms with Crippen molar-refractivity contribution >= 4 is 17.7 Å². The molecular formula is C8H9ClN2O. The quantitative estimate of drug-likeness (QED) is 0.676. The third-order valence-electron chi connectivity index (χ3n) is 1.13. The van der Waals surface area contributed by atoms with Crippen LogP contribution in [-0.4, -0.2) is 16.6 Å². The van der Waals surface area contributed by atoms with Crippen LogP contribution in [-0.2, 0) is 4.74 Å². The van der Waals surface area contributed by atoms with Crippen molar-refractivity contribution in [2.45, 2.75) is 6.92 Å². The Morgan fingerprint density at radius 2 is 2.42 bits per heavy atom. The Hall–Kier alpha value is -1.09. The van der Waals surface area contributed by atoms with E-state index in [-0.39, 0.29) is 0 Å². The number of aromatic nitrogens is 2. The molecule has 1 rings (SSSR count). The van der Waals surface area contributed by atoms with Gasteiger partial charge < -0.3 is 4.74 Å². The van der Waals surface area contributed by atoms with Crippen molar-refractivity contribution in [2.24, 2.45) is 0 Å². The van der Waals surface area contributed by atoms with Crippen LogP contribution in [0.4, 0.5) is 0 Å². The molecule has 0 spiro atoms. The second-order valence-corrected chi connectivity index (χ2v) is 2.41. The molecule has 0 unspecified atom stereocenters. The largest absolute Gasteiger partial charge is 0.501 e. The molecule has 0 N–H and O–H groups in total. The standard InChI is InChI=1S/C8H9ClN2O/c1-2-12-4-3-7-5-10-6-8(9)11-7/h3-6H,2H2,1H3/b4-3+. The molecule has 64 valence electrons. The van der Waals surface area contributed by atoms with Crippen molar-refractivity contribution in [1.82, 2.24) is 9.97 Å². The number of hydrogen-bond donors (Lipinski definition) is 0. The SMILES string of the molecule is CCO/C=C/c1cncc(Cl)n1. The lowest BCUT2D eigenvalue weighted by Gasteiger charge is -1.93. The minimum Gasteiger partial charge on any atom is -0.501 e. The summed E-state index contributed by atoms with van der Waals surface area (Å²) in [5.41, 5.74) is 0.691. The first kappa shape index (κ1) is 9.00. The van der Waals surface area contributed by atoms with Gasteiger partial charge in [0.2, 0.25) is 0 Å². The highest BCUT2D eigenvalue weighted by Gasteiger charge is 1.90. The summed E-state index contributed by atoms with van der Waals surface area (Å²) in [6, 6.07) is 0. The van der Waals surface area contributed by atoms with Gasteiger partial charge in [-0.2, -0.15) is 0 Å². The average Bonchev–Trinajstić information content (AvgIpc) is 2.05. The highest BCUT2D eigenvalue weighted by molar-refractivity contribution is 6.29. The summed E-state index contributed by atoms with van der Waals surface area (Å²) >= 11 is 5.61. The molecule has 3 nitrogen and oxygen atoms in total. The van der Waals surface area contributed by atoms with Crippen LogP contribution >= 0.6 is 11.6 Å². The number of rotatable bonds is 3. The molecule has 0 amide bonds. The van der Waals surface area contributed by atoms with Gasteiger partial charge in [0.05, 0.1) is 31.0 Å². The molecule has 0 fully saturated rings. The van der Waals surface area contributed by atoms with Gasteiger partial charge in [0.1, 0.15) is 5.15 Å². The zero-order chi connectivity index (χ0) is 8.81. The molecule has 0 bridgehead atoms. The smallest absolute Gasteiger partial charge is 0.148 e. The Kier molecular flexibility index (Phi) is 3.54. The Labute approximate surface area is 76.1 Å². The summed E-state index contributed by atoms with van der Waals surface area (Å²) in [6.07, 6.45) is 6.38. The maximum atomic E-state index is 5.61. The monoisotopic (exact) mass is 184 g/mol. The molecule has 12 heavy (non-hydrogen) atoms. The van der Waals surface area contributed by atoms with Crippen molar-refractivity contribution in [3.05, 3.63) is 29.5 Å². The zero-order valence-corrected chi connectivity index (χ0v) is 7.45. The van der Waals surface area contributed by atoms with Crippen molar-refractivity contribution < 1.29 is 4.74 Å². The maximum Gasteiger partial charge on any atom is 0.148 e. The minimum absolute atomic E-state index is 0.383. The minimum atomic E-state index is 0.383. The summed E-state index contributed by atoms with van der Waals surface area (Å²) in [5, 5.41) is 0.383. The summed E-state index contributed by atoms with van der Waals surface area (Å²) < 4.78 is 4.99. The maximum absolute atomic E-state index is 5.61. The summed E-state index contributed by atoms with van der Waals surface area (Å²) in [6.45, 7) is 2.55. The number of nitrogens with zero attached hydrogens (tertiary/aromatic N) is 2. The van der Waals surface area contributed by atoms with E-state index >= 15 is 0 Å². The van der Waals surface area contributed by atoms with Gasteiger partial charge in [-0.3, -0.25) is 4.98 Å². The molecular weight excluding hydrogens is 176 g/mol. The van der Waals surface area contributed by atoms with Gasteiger partial charge in [-0.25, -0.2) is 4.98 Å². The Balaban J connectivity index is 2.63. The van der Waals surface area contributed by atoms with Gasteiger partial charge in [-0.15, -0.1) is 0 Å². The van der Waals surface area contributed by atoms with Crippen LogP contribution in [0.3, 0.4) is 0 Å². The molecule has 1 heterocycles. The van der Waals surface area contributed by atoms with E-state index in [1.54, 1.807) is 18.5 Å². The fourth-order valence-electron chi connectivity index (χ4n) is 0.651. The molecule has 0 atom stereocenters. The predicted octanol–water partition coefficient (Wildman–Crippen LogP) is 2.14. The second kappa shape index (κ2) is 4.72. The summed E-state index contributed by atoms with van der Waals surface area (Å²) in [7, 11) is 0. The Morgan fingerprint density at radius 1 is 1.58 bits per heavy atom. The first-order valence-electron chi connectivity index (χ1n) is 3.58. The van der Waals surface area contributed by atoms with E-state index in [9.17, 15) is 0 Å². The average molecular weight is 185 g/mol. The molecule has 1 aromatic heterocycles. The lowest BCUT2D eigenvalue weighted by atomic mass is 10.4. The van der Waals surface area contributed by atoms with Crippen molar-refractivity contribution in [1.29, 1.82) is 0 Å². The van der Waals surface area contributed by atoms with Gasteiger partial charge in [-0.1, -0.05) is 11.6 Å². The molecule has 4 heteroatoms.